The van der Waals surface area contributed by atoms with E-state index < -0.39 is 11.9 Å². The fourth-order valence-corrected chi connectivity index (χ4v) is 9.52. The number of benzene rings is 1. The molecule has 246 valence electrons. The zero-order chi connectivity index (χ0) is 35.8. The number of alkyl carbamates (subject to hydrolysis) is 1. The lowest BCUT2D eigenvalue weighted by molar-refractivity contribution is 0.147. The molecular weight excluding hydrogens is 627 g/mol. The molecule has 49 heavy (non-hydrogen) atoms. The molecule has 1 aliphatic carbocycles. The summed E-state index contributed by atoms with van der Waals surface area (Å²) in [4.78, 5) is 23.7. The van der Waals surface area contributed by atoms with Gasteiger partial charge in [0.05, 0.1) is 92.1 Å². The lowest BCUT2D eigenvalue weighted by Gasteiger charge is -2.50. The quantitative estimate of drug-likeness (QED) is 0.194. The van der Waals surface area contributed by atoms with Crippen molar-refractivity contribution in [2.45, 2.75) is 56.1 Å². The molecular formula is C30H43B9FN5O3S. The van der Waals surface area contributed by atoms with Crippen LogP contribution in [-0.2, 0) is 11.3 Å². The predicted molar refractivity (Wildman–Crippen MR) is 220 cm³/mol. The summed E-state index contributed by atoms with van der Waals surface area (Å²) in [5.74, 6) is 5.36. The lowest BCUT2D eigenvalue weighted by atomic mass is 9.17. The van der Waals surface area contributed by atoms with Crippen LogP contribution in [-0.4, -0.2) is 134 Å². The van der Waals surface area contributed by atoms with Crippen molar-refractivity contribution in [2.75, 3.05) is 26.7 Å². The number of hydrogen-bond donors (Lipinski definition) is 1. The number of thioether (sulfide) groups is 1. The topological polar surface area (TPSA) is 81.5 Å². The molecule has 0 spiro atoms. The Kier molecular flexibility index (Phi) is 10.6. The first-order chi connectivity index (χ1) is 22.9. The minimum absolute atomic E-state index is 0.0391. The van der Waals surface area contributed by atoms with Crippen molar-refractivity contribution in [3.05, 3.63) is 66.0 Å². The number of nitrogens with zero attached hydrogens (tertiary/aromatic N) is 4. The molecule has 3 heterocycles. The van der Waals surface area contributed by atoms with Crippen LogP contribution in [0.5, 0.6) is 5.75 Å². The number of nitrogens with one attached hydrogen (secondary N) is 1. The summed E-state index contributed by atoms with van der Waals surface area (Å²) in [6.45, 7) is 1.92. The van der Waals surface area contributed by atoms with Crippen molar-refractivity contribution >= 4 is 88.5 Å². The average molecular weight is 670 g/mol. The molecule has 0 atom stereocenters. The van der Waals surface area contributed by atoms with Crippen LogP contribution in [0.1, 0.15) is 24.1 Å². The van der Waals surface area contributed by atoms with Crippen LogP contribution in [0, 0.1) is 17.7 Å². The molecule has 19 heteroatoms. The molecule has 3 aromatic rings. The Bertz CT molecular complexity index is 1720. The monoisotopic (exact) mass is 671 g/mol. The summed E-state index contributed by atoms with van der Waals surface area (Å²) >= 11 is 1.82. The second kappa shape index (κ2) is 14.0. The molecule has 1 amide bonds. The second-order valence-corrected chi connectivity index (χ2v) is 17.1. The van der Waals surface area contributed by atoms with Gasteiger partial charge in [-0.15, -0.1) is 10.4 Å². The van der Waals surface area contributed by atoms with Crippen molar-refractivity contribution in [2.24, 2.45) is 0 Å². The maximum absolute atomic E-state index is 15.1. The highest BCUT2D eigenvalue weighted by Crippen LogP contribution is 2.82. The van der Waals surface area contributed by atoms with Gasteiger partial charge in [-0.05, 0) is 61.9 Å². The third-order valence-corrected chi connectivity index (χ3v) is 14.8. The van der Waals surface area contributed by atoms with E-state index in [1.807, 2.05) is 36.3 Å². The second-order valence-electron chi connectivity index (χ2n) is 15.7. The molecule has 2 fully saturated rings. The van der Waals surface area contributed by atoms with E-state index in [1.165, 1.54) is 6.07 Å². The van der Waals surface area contributed by atoms with E-state index in [9.17, 15) is 4.79 Å². The predicted octanol–water partition coefficient (Wildman–Crippen LogP) is -3.88. The van der Waals surface area contributed by atoms with Crippen LogP contribution in [0.3, 0.4) is 0 Å². The number of ether oxygens (including phenoxy) is 2. The number of rotatable bonds is 8. The number of pyridine rings is 1. The molecule has 1 aliphatic heterocycles. The summed E-state index contributed by atoms with van der Waals surface area (Å²) in [6.07, 6.45) is 6.68. The Morgan fingerprint density at radius 2 is 1.69 bits per heavy atom. The van der Waals surface area contributed by atoms with E-state index in [-0.39, 0.29) is 50.3 Å². The van der Waals surface area contributed by atoms with E-state index in [2.05, 4.69) is 109 Å². The first kappa shape index (κ1) is 37.3. The minimum Gasteiger partial charge on any atom is -0.487 e. The fraction of sp³-hybridized carbons (Fsp3) is 0.433. The first-order valence-electron chi connectivity index (χ1n) is 17.1. The summed E-state index contributed by atoms with van der Waals surface area (Å²) in [5, 5.41) is 3.72. The van der Waals surface area contributed by atoms with E-state index in [1.54, 1.807) is 18.3 Å². The number of carbonyl (C=O) groups is 1. The standard InChI is InChI=1S/C30H43B9FN5O3S/c1-44-11-8-19(9-12-44)43-25(46)47-13-3-4-18-6-7-22(14-23(18)40)48-17-21-16-42-24(45(21)20-5-2-10-41-15-20)49-30(39)28(35,36)26(31,32)27(33,34)29(30,37)38/h2,5-7,10,14-16,19H,8-9,11-13,17,31-39H2,1H3,(H,43,46). The van der Waals surface area contributed by atoms with Gasteiger partial charge in [0, 0.05) is 18.3 Å². The molecule has 1 N–H and O–H groups in total. The summed E-state index contributed by atoms with van der Waals surface area (Å²) in [5.41, 5.74) is 1.91. The van der Waals surface area contributed by atoms with Gasteiger partial charge >= 0.3 is 6.09 Å². The average Bonchev–Trinajstić information content (AvgIpc) is 3.47. The molecule has 1 saturated heterocycles. The summed E-state index contributed by atoms with van der Waals surface area (Å²) < 4.78 is 28.3. The maximum Gasteiger partial charge on any atom is 0.408 e. The van der Waals surface area contributed by atoms with Gasteiger partial charge in [0.25, 0.3) is 0 Å². The first-order valence-corrected chi connectivity index (χ1v) is 17.9. The molecule has 2 aromatic heterocycles. The Balaban J connectivity index is 1.29. The Hall–Kier alpha value is -2.97. The summed E-state index contributed by atoms with van der Waals surface area (Å²) in [7, 11) is 23.6. The summed E-state index contributed by atoms with van der Waals surface area (Å²) in [6, 6.07) is 8.62. The molecule has 5 rings (SSSR count). The molecule has 1 saturated carbocycles. The van der Waals surface area contributed by atoms with Crippen LogP contribution < -0.4 is 10.1 Å². The lowest BCUT2D eigenvalue weighted by Crippen LogP contribution is -2.49. The number of imidazole rings is 1. The number of amides is 1. The maximum atomic E-state index is 15.1. The number of carbonyl (C=O) groups excluding carboxylic acids is 1. The normalized spacial score (nSPS) is 20.4. The Labute approximate surface area is 303 Å². The highest BCUT2D eigenvalue weighted by molar-refractivity contribution is 8.02. The van der Waals surface area contributed by atoms with Gasteiger partial charge in [0.15, 0.2) is 11.8 Å². The fourth-order valence-electron chi connectivity index (χ4n) is 7.72. The van der Waals surface area contributed by atoms with Crippen molar-refractivity contribution in [3.8, 4) is 23.3 Å². The zero-order valence-electron chi connectivity index (χ0n) is 30.7. The number of piperidine rings is 1. The highest BCUT2D eigenvalue weighted by Gasteiger charge is 2.71. The third-order valence-electron chi connectivity index (χ3n) is 12.9. The van der Waals surface area contributed by atoms with E-state index in [0.29, 0.717) is 5.75 Å². The number of likely N-dealkylation sites (tertiary alicyclic amines) is 1. The van der Waals surface area contributed by atoms with E-state index >= 15 is 4.39 Å². The van der Waals surface area contributed by atoms with Gasteiger partial charge in [-0.2, -0.15) is 0 Å². The van der Waals surface area contributed by atoms with Crippen molar-refractivity contribution < 1.29 is 18.7 Å². The van der Waals surface area contributed by atoms with Crippen LogP contribution in [0.4, 0.5) is 9.18 Å². The van der Waals surface area contributed by atoms with Crippen LogP contribution in [0.25, 0.3) is 5.69 Å². The van der Waals surface area contributed by atoms with Gasteiger partial charge in [0.2, 0.25) is 0 Å². The Morgan fingerprint density at radius 3 is 2.31 bits per heavy atom. The molecule has 0 bridgehead atoms. The van der Waals surface area contributed by atoms with E-state index in [4.69, 9.17) is 14.5 Å². The van der Waals surface area contributed by atoms with Gasteiger partial charge in [-0.1, -0.05) is 34.0 Å². The smallest absolute Gasteiger partial charge is 0.408 e. The van der Waals surface area contributed by atoms with Gasteiger partial charge in [-0.3, -0.25) is 9.55 Å². The molecule has 0 radical (unpaired) electrons. The number of aromatic nitrogens is 3. The number of hydrogen-bond acceptors (Lipinski definition) is 7. The van der Waals surface area contributed by atoms with Crippen molar-refractivity contribution in [3.63, 3.8) is 0 Å². The van der Waals surface area contributed by atoms with Crippen LogP contribution >= 0.6 is 11.8 Å². The molecule has 8 nitrogen and oxygen atoms in total. The van der Waals surface area contributed by atoms with Crippen molar-refractivity contribution in [1.82, 2.24) is 24.8 Å². The van der Waals surface area contributed by atoms with Crippen LogP contribution in [0.2, 0.25) is 20.9 Å². The van der Waals surface area contributed by atoms with Crippen molar-refractivity contribution in [1.29, 1.82) is 0 Å². The number of halogens is 1. The van der Waals surface area contributed by atoms with Gasteiger partial charge < -0.3 is 19.7 Å². The zero-order valence-corrected chi connectivity index (χ0v) is 31.6. The Morgan fingerprint density at radius 1 is 1.02 bits per heavy atom. The molecule has 2 aliphatic rings. The minimum atomic E-state index is -0.512. The van der Waals surface area contributed by atoms with Gasteiger partial charge in [0.1, 0.15) is 26.0 Å². The van der Waals surface area contributed by atoms with Crippen LogP contribution in [0.15, 0.2) is 54.1 Å². The SMILES string of the molecule is BC1(B)C(B)(B)C(B)(B)C(B)(Sc2ncc(COc3ccc(C#CCOC(=O)NC4CCN(C)CC4)c(F)c3)n2-c2cccnc2)C1(B)B. The largest absolute Gasteiger partial charge is 0.487 e. The third kappa shape index (κ3) is 6.76. The van der Waals surface area contributed by atoms with E-state index in [0.717, 1.165) is 42.5 Å². The molecule has 0 unspecified atom stereocenters. The molecule has 1 aromatic carbocycles. The van der Waals surface area contributed by atoms with Gasteiger partial charge in [-0.25, -0.2) is 14.2 Å². The highest BCUT2D eigenvalue weighted by atomic mass is 32.2.